The molecule has 0 radical (unpaired) electrons. The number of fused-ring (bicyclic) bond motifs is 5. The summed E-state index contributed by atoms with van der Waals surface area (Å²) in [5.41, 5.74) is 1.50. The topological polar surface area (TPSA) is 83.5 Å². The molecule has 4 aliphatic rings. The Hall–Kier alpha value is 0.280. The van der Waals surface area contributed by atoms with Crippen LogP contribution in [0.2, 0.25) is 0 Å². The molecule has 28 heavy (non-hydrogen) atoms. The predicted octanol–water partition coefficient (Wildman–Crippen LogP) is 1.00. The van der Waals surface area contributed by atoms with Gasteiger partial charge in [0, 0.05) is 5.92 Å². The molecular weight excluding hydrogens is 387 g/mol. The molecule has 152 valence electrons. The van der Waals surface area contributed by atoms with Gasteiger partial charge in [-0.3, -0.25) is 8.98 Å². The molecule has 4 aliphatic carbocycles. The van der Waals surface area contributed by atoms with Crippen LogP contribution in [-0.4, -0.2) is 24.9 Å². The fourth-order valence-electron chi connectivity index (χ4n) is 7.54. The molecule has 0 amide bonds. The Morgan fingerprint density at radius 2 is 1.86 bits per heavy atom. The number of hydrogen-bond acceptors (Lipinski definition) is 5. The number of carbonyl (C=O) groups is 1. The third kappa shape index (κ3) is 3.71. The predicted molar refractivity (Wildman–Crippen MR) is 100 cm³/mol. The molecule has 7 atom stereocenters. The average molecular weight is 419 g/mol. The summed E-state index contributed by atoms with van der Waals surface area (Å²) < 4.78 is 37.7. The molecule has 7 heteroatoms. The zero-order chi connectivity index (χ0) is 19.6. The first-order valence-corrected chi connectivity index (χ1v) is 11.7. The van der Waals surface area contributed by atoms with E-state index in [0.717, 1.165) is 38.5 Å². The van der Waals surface area contributed by atoms with Crippen molar-refractivity contribution < 1.29 is 51.5 Å². The van der Waals surface area contributed by atoms with Crippen molar-refractivity contribution in [2.24, 2.45) is 34.5 Å². The molecule has 0 aromatic rings. The standard InChI is InChI=1S/C21H32O5S.Na/c1-13(22)17-6-7-18-16-5-4-14-12-15(26-27(23,24)25)8-10-20(14,2)19(16)9-11-21(17,18)3;/h4,15-19H,5-12H2,1-3H3,(H,23,24,25);/q;+1/p-1/t15?,16?,17?,18?,19?,20-,21+;/m0./s1. The van der Waals surface area contributed by atoms with Gasteiger partial charge in [0.2, 0.25) is 10.4 Å². The van der Waals surface area contributed by atoms with Crippen molar-refractivity contribution in [3.8, 4) is 0 Å². The molecule has 0 bridgehead atoms. The van der Waals surface area contributed by atoms with Gasteiger partial charge in [-0.25, -0.2) is 8.42 Å². The van der Waals surface area contributed by atoms with Crippen molar-refractivity contribution in [1.29, 1.82) is 0 Å². The second-order valence-corrected chi connectivity index (χ2v) is 10.9. The Kier molecular flexibility index (Phi) is 6.36. The molecular formula is C21H31NaO5S. The van der Waals surface area contributed by atoms with Gasteiger partial charge in [-0.2, -0.15) is 0 Å². The molecule has 3 saturated carbocycles. The summed E-state index contributed by atoms with van der Waals surface area (Å²) in [6.45, 7) is 6.44. The van der Waals surface area contributed by atoms with E-state index >= 15 is 0 Å². The normalized spacial score (nSPS) is 45.1. The minimum absolute atomic E-state index is 0. The largest absolute Gasteiger partial charge is 1.00 e. The van der Waals surface area contributed by atoms with Gasteiger partial charge in [0.15, 0.2) is 0 Å². The molecule has 0 aromatic carbocycles. The van der Waals surface area contributed by atoms with Crippen LogP contribution in [-0.2, 0) is 19.4 Å². The van der Waals surface area contributed by atoms with Crippen LogP contribution < -0.4 is 29.6 Å². The smallest absolute Gasteiger partial charge is 0.726 e. The van der Waals surface area contributed by atoms with Gasteiger partial charge in [-0.15, -0.1) is 0 Å². The summed E-state index contributed by atoms with van der Waals surface area (Å²) in [7, 11) is -4.65. The number of allylic oxidation sites excluding steroid dienone is 1. The molecule has 3 fully saturated rings. The summed E-state index contributed by atoms with van der Waals surface area (Å²) >= 11 is 0. The maximum atomic E-state index is 12.2. The molecule has 0 spiro atoms. The third-order valence-electron chi connectivity index (χ3n) is 8.80. The van der Waals surface area contributed by atoms with E-state index in [1.54, 1.807) is 6.92 Å². The van der Waals surface area contributed by atoms with Crippen LogP contribution in [0.25, 0.3) is 0 Å². The zero-order valence-electron chi connectivity index (χ0n) is 17.6. The Labute approximate surface area is 191 Å². The van der Waals surface area contributed by atoms with Gasteiger partial charge >= 0.3 is 29.6 Å². The Balaban J connectivity index is 0.00000225. The van der Waals surface area contributed by atoms with Crippen LogP contribution in [0.15, 0.2) is 11.6 Å². The van der Waals surface area contributed by atoms with E-state index in [2.05, 4.69) is 19.9 Å². The Morgan fingerprint density at radius 1 is 1.14 bits per heavy atom. The first-order chi connectivity index (χ1) is 12.5. The van der Waals surface area contributed by atoms with Crippen LogP contribution >= 0.6 is 0 Å². The number of hydrogen-bond donors (Lipinski definition) is 0. The molecule has 4 rings (SSSR count). The van der Waals surface area contributed by atoms with Gasteiger partial charge in [0.25, 0.3) is 0 Å². The molecule has 0 aromatic heterocycles. The van der Waals surface area contributed by atoms with Gasteiger partial charge in [-0.1, -0.05) is 25.5 Å². The Morgan fingerprint density at radius 3 is 2.50 bits per heavy atom. The number of Topliss-reactive ketones (excluding diaryl/α,β-unsaturated/α-hetero) is 1. The summed E-state index contributed by atoms with van der Waals surface area (Å²) in [5, 5.41) is 0. The summed E-state index contributed by atoms with van der Waals surface area (Å²) in [5.74, 6) is 2.38. The van der Waals surface area contributed by atoms with Crippen molar-refractivity contribution >= 4 is 16.2 Å². The molecule has 0 saturated heterocycles. The van der Waals surface area contributed by atoms with Crippen molar-refractivity contribution in [3.63, 3.8) is 0 Å². The van der Waals surface area contributed by atoms with E-state index in [1.807, 2.05) is 0 Å². The summed E-state index contributed by atoms with van der Waals surface area (Å²) in [4.78, 5) is 12.2. The number of carbonyl (C=O) groups excluding carboxylic acids is 1. The van der Waals surface area contributed by atoms with E-state index < -0.39 is 16.5 Å². The summed E-state index contributed by atoms with van der Waals surface area (Å²) in [6, 6.07) is 0. The average Bonchev–Trinajstić information content (AvgIpc) is 2.91. The van der Waals surface area contributed by atoms with Crippen LogP contribution in [0.1, 0.15) is 72.1 Å². The summed E-state index contributed by atoms with van der Waals surface area (Å²) in [6.07, 6.45) is 9.30. The van der Waals surface area contributed by atoms with Gasteiger partial charge in [-0.05, 0) is 86.9 Å². The van der Waals surface area contributed by atoms with Gasteiger partial charge < -0.3 is 4.55 Å². The maximum Gasteiger partial charge on any atom is 1.00 e. The van der Waals surface area contributed by atoms with Crippen molar-refractivity contribution in [1.82, 2.24) is 0 Å². The quantitative estimate of drug-likeness (QED) is 0.296. The van der Waals surface area contributed by atoms with E-state index in [1.165, 1.54) is 5.57 Å². The molecule has 0 aliphatic heterocycles. The van der Waals surface area contributed by atoms with Crippen molar-refractivity contribution in [3.05, 3.63) is 11.6 Å². The first-order valence-electron chi connectivity index (χ1n) is 10.4. The fraction of sp³-hybridized carbons (Fsp3) is 0.857. The number of rotatable bonds is 3. The van der Waals surface area contributed by atoms with Gasteiger partial charge in [0.05, 0.1) is 6.10 Å². The molecule has 5 nitrogen and oxygen atoms in total. The third-order valence-corrected chi connectivity index (χ3v) is 9.31. The monoisotopic (exact) mass is 418 g/mol. The second-order valence-electron chi connectivity index (χ2n) is 9.91. The van der Waals surface area contributed by atoms with E-state index in [-0.39, 0.29) is 46.3 Å². The number of ketones is 1. The van der Waals surface area contributed by atoms with Crippen LogP contribution in [0.5, 0.6) is 0 Å². The molecule has 5 unspecified atom stereocenters. The molecule has 0 heterocycles. The zero-order valence-corrected chi connectivity index (χ0v) is 20.4. The second kappa shape index (κ2) is 7.76. The van der Waals surface area contributed by atoms with Crippen molar-refractivity contribution in [2.45, 2.75) is 78.2 Å². The van der Waals surface area contributed by atoms with Crippen LogP contribution in [0.3, 0.4) is 0 Å². The molecule has 0 N–H and O–H groups in total. The minimum atomic E-state index is -4.65. The van der Waals surface area contributed by atoms with E-state index in [4.69, 9.17) is 4.18 Å². The van der Waals surface area contributed by atoms with Crippen LogP contribution in [0, 0.1) is 34.5 Å². The van der Waals surface area contributed by atoms with Gasteiger partial charge in [0.1, 0.15) is 5.78 Å². The Bertz CT molecular complexity index is 778. The first kappa shape index (κ1) is 23.0. The SMILES string of the molecule is CC(=O)C1CCC2C3CC=C4CC(OS(=O)(=O)[O-])CC[C@]4(C)C3CC[C@]12C.[Na+]. The minimum Gasteiger partial charge on any atom is -0.726 e. The fourth-order valence-corrected chi connectivity index (χ4v) is 8.04. The van der Waals surface area contributed by atoms with Crippen molar-refractivity contribution in [2.75, 3.05) is 0 Å². The maximum absolute atomic E-state index is 12.2. The van der Waals surface area contributed by atoms with E-state index in [9.17, 15) is 17.8 Å². The van der Waals surface area contributed by atoms with Crippen LogP contribution in [0.4, 0.5) is 0 Å². The van der Waals surface area contributed by atoms with E-state index in [0.29, 0.717) is 36.4 Å².